The molecule has 0 atom stereocenters. The minimum absolute atomic E-state index is 0.0233. The zero-order chi connectivity index (χ0) is 27.4. The fraction of sp³-hybridized carbons (Fsp3) is 0.208. The van der Waals surface area contributed by atoms with E-state index in [1.54, 1.807) is 12.1 Å². The molecule has 3 aromatic rings. The smallest absolute Gasteiger partial charge is 0.303 e. The summed E-state index contributed by atoms with van der Waals surface area (Å²) < 4.78 is 65.3. The zero-order valence-electron chi connectivity index (χ0n) is 20.9. The third-order valence-corrected chi connectivity index (χ3v) is 8.58. The molecule has 3 rings (SSSR count). The Hall–Kier alpha value is -3.81. The Morgan fingerprint density at radius 1 is 0.811 bits per heavy atom. The summed E-state index contributed by atoms with van der Waals surface area (Å²) in [6.07, 6.45) is 0. The minimum atomic E-state index is -3.95. The largest absolute Gasteiger partial charge is 0.497 e. The van der Waals surface area contributed by atoms with Crippen LogP contribution in [0.25, 0.3) is 0 Å². The summed E-state index contributed by atoms with van der Waals surface area (Å²) in [5.41, 5.74) is 1.27. The molecule has 0 fully saturated rings. The van der Waals surface area contributed by atoms with Gasteiger partial charge in [-0.05, 0) is 60.7 Å². The van der Waals surface area contributed by atoms with Crippen molar-refractivity contribution in [1.29, 1.82) is 0 Å². The number of methoxy groups -OCH3 is 2. The molecule has 0 unspecified atom stereocenters. The lowest BCUT2D eigenvalue weighted by atomic mass is 10.2. The second-order valence-electron chi connectivity index (χ2n) is 7.95. The number of hydrogen-bond donors (Lipinski definition) is 2. The van der Waals surface area contributed by atoms with Crippen LogP contribution in [0.3, 0.4) is 0 Å². The molecule has 0 heterocycles. The van der Waals surface area contributed by atoms with E-state index in [4.69, 9.17) is 9.47 Å². The van der Waals surface area contributed by atoms with Crippen molar-refractivity contribution < 1.29 is 31.1 Å². The van der Waals surface area contributed by atoms with Crippen LogP contribution < -0.4 is 23.8 Å². The Labute approximate surface area is 216 Å². The van der Waals surface area contributed by atoms with Gasteiger partial charge in [-0.25, -0.2) is 8.42 Å². The summed E-state index contributed by atoms with van der Waals surface area (Å²) in [6, 6.07) is 16.4. The molecule has 0 saturated heterocycles. The number of anilines is 3. The van der Waals surface area contributed by atoms with Gasteiger partial charge in [-0.2, -0.15) is 12.7 Å². The Morgan fingerprint density at radius 3 is 1.97 bits per heavy atom. The Kier molecular flexibility index (Phi) is 8.31. The van der Waals surface area contributed by atoms with Gasteiger partial charge in [0.25, 0.3) is 15.9 Å². The molecule has 2 N–H and O–H groups in total. The first-order chi connectivity index (χ1) is 17.4. The van der Waals surface area contributed by atoms with Gasteiger partial charge >= 0.3 is 10.2 Å². The number of rotatable bonds is 10. The van der Waals surface area contributed by atoms with Crippen molar-refractivity contribution in [2.75, 3.05) is 49.7 Å². The van der Waals surface area contributed by atoms with Gasteiger partial charge in [0.15, 0.2) is 0 Å². The lowest BCUT2D eigenvalue weighted by Crippen LogP contribution is -2.37. The van der Waals surface area contributed by atoms with Gasteiger partial charge in [-0.3, -0.25) is 13.8 Å². The molecule has 0 saturated carbocycles. The first-order valence-electron chi connectivity index (χ1n) is 10.8. The highest BCUT2D eigenvalue weighted by Crippen LogP contribution is 2.31. The lowest BCUT2D eigenvalue weighted by molar-refractivity contribution is 0.102. The molecule has 13 heteroatoms. The van der Waals surface area contributed by atoms with Gasteiger partial charge in [-0.1, -0.05) is 0 Å². The second kappa shape index (κ2) is 11.1. The van der Waals surface area contributed by atoms with Gasteiger partial charge in [0.05, 0.1) is 30.5 Å². The summed E-state index contributed by atoms with van der Waals surface area (Å²) in [7, 11) is -0.450. The normalized spacial score (nSPS) is 11.6. The van der Waals surface area contributed by atoms with Crippen molar-refractivity contribution >= 4 is 43.2 Å². The van der Waals surface area contributed by atoms with Gasteiger partial charge in [0.1, 0.15) is 11.5 Å². The van der Waals surface area contributed by atoms with Crippen molar-refractivity contribution in [1.82, 2.24) is 4.31 Å². The van der Waals surface area contributed by atoms with Crippen LogP contribution >= 0.6 is 0 Å². The highest BCUT2D eigenvalue weighted by molar-refractivity contribution is 7.92. The number of benzene rings is 3. The summed E-state index contributed by atoms with van der Waals surface area (Å²) >= 11 is 0. The van der Waals surface area contributed by atoms with E-state index in [1.807, 2.05) is 0 Å². The first kappa shape index (κ1) is 27.8. The Balaban J connectivity index is 1.72. The number of amides is 1. The van der Waals surface area contributed by atoms with Crippen LogP contribution in [0, 0.1) is 0 Å². The molecule has 0 aliphatic rings. The summed E-state index contributed by atoms with van der Waals surface area (Å²) in [4.78, 5) is 12.6. The van der Waals surface area contributed by atoms with Crippen molar-refractivity contribution in [3.05, 3.63) is 72.3 Å². The molecular weight excluding hydrogens is 520 g/mol. The van der Waals surface area contributed by atoms with Crippen LogP contribution in [0.5, 0.6) is 11.5 Å². The van der Waals surface area contributed by atoms with Crippen molar-refractivity contribution in [2.24, 2.45) is 0 Å². The average molecular weight is 549 g/mol. The fourth-order valence-corrected chi connectivity index (χ4v) is 5.16. The van der Waals surface area contributed by atoms with Gasteiger partial charge < -0.3 is 14.8 Å². The molecule has 0 bridgehead atoms. The standard InChI is InChI=1S/C24H28N4O7S2/c1-27(2)37(32,33)28(3)19-10-6-17(7-11-19)24(29)25-18-8-13-21(14-9-18)36(30,31)26-22-16-20(34-4)12-15-23(22)35-5/h6-16,26H,1-5H3,(H,25,29). The number of carbonyl (C=O) groups excluding carboxylic acids is 1. The molecule has 11 nitrogen and oxygen atoms in total. The monoisotopic (exact) mass is 548 g/mol. The summed E-state index contributed by atoms with van der Waals surface area (Å²) in [5.74, 6) is 0.333. The number of carbonyl (C=O) groups is 1. The molecule has 0 radical (unpaired) electrons. The van der Waals surface area contributed by atoms with E-state index in [9.17, 15) is 21.6 Å². The third kappa shape index (κ3) is 6.31. The second-order valence-corrected chi connectivity index (χ2v) is 11.8. The van der Waals surface area contributed by atoms with Crippen molar-refractivity contribution in [3.63, 3.8) is 0 Å². The molecule has 0 aliphatic carbocycles. The van der Waals surface area contributed by atoms with Crippen LogP contribution in [0.15, 0.2) is 71.6 Å². The Bertz CT molecular complexity index is 1470. The molecule has 0 aliphatic heterocycles. The molecule has 0 aromatic heterocycles. The van der Waals surface area contributed by atoms with E-state index >= 15 is 0 Å². The molecule has 3 aromatic carbocycles. The van der Waals surface area contributed by atoms with Crippen LogP contribution in [0.2, 0.25) is 0 Å². The van der Waals surface area contributed by atoms with E-state index in [-0.39, 0.29) is 10.6 Å². The maximum atomic E-state index is 12.9. The van der Waals surface area contributed by atoms with Gasteiger partial charge in [0, 0.05) is 38.5 Å². The number of ether oxygens (including phenoxy) is 2. The average Bonchev–Trinajstić information content (AvgIpc) is 2.88. The highest BCUT2D eigenvalue weighted by atomic mass is 32.2. The predicted molar refractivity (Wildman–Crippen MR) is 142 cm³/mol. The van der Waals surface area contributed by atoms with E-state index in [0.29, 0.717) is 28.4 Å². The molecule has 198 valence electrons. The number of hydrogen-bond acceptors (Lipinski definition) is 7. The maximum Gasteiger partial charge on any atom is 0.303 e. The predicted octanol–water partition coefficient (Wildman–Crippen LogP) is 3.00. The Morgan fingerprint density at radius 2 is 1.43 bits per heavy atom. The summed E-state index contributed by atoms with van der Waals surface area (Å²) in [5, 5.41) is 2.69. The van der Waals surface area contributed by atoms with Crippen LogP contribution in [0.1, 0.15) is 10.4 Å². The highest BCUT2D eigenvalue weighted by Gasteiger charge is 2.21. The fourth-order valence-electron chi connectivity index (χ4n) is 3.22. The zero-order valence-corrected chi connectivity index (χ0v) is 22.6. The van der Waals surface area contributed by atoms with E-state index in [1.165, 1.54) is 90.0 Å². The van der Waals surface area contributed by atoms with E-state index in [0.717, 1.165) is 8.61 Å². The quantitative estimate of drug-likeness (QED) is 0.398. The van der Waals surface area contributed by atoms with Gasteiger partial charge in [-0.15, -0.1) is 0 Å². The van der Waals surface area contributed by atoms with Crippen LogP contribution in [-0.4, -0.2) is 62.4 Å². The maximum absolute atomic E-state index is 12.9. The minimum Gasteiger partial charge on any atom is -0.497 e. The van der Waals surface area contributed by atoms with E-state index < -0.39 is 26.1 Å². The van der Waals surface area contributed by atoms with Crippen molar-refractivity contribution in [2.45, 2.75) is 4.90 Å². The lowest BCUT2D eigenvalue weighted by Gasteiger charge is -2.23. The third-order valence-electron chi connectivity index (χ3n) is 5.37. The molecular formula is C24H28N4O7S2. The number of nitrogens with one attached hydrogen (secondary N) is 2. The topological polar surface area (TPSA) is 134 Å². The van der Waals surface area contributed by atoms with Crippen molar-refractivity contribution in [3.8, 4) is 11.5 Å². The van der Waals surface area contributed by atoms with Crippen LogP contribution in [-0.2, 0) is 20.2 Å². The van der Waals surface area contributed by atoms with Crippen LogP contribution in [0.4, 0.5) is 17.1 Å². The number of nitrogens with zero attached hydrogens (tertiary/aromatic N) is 2. The van der Waals surface area contributed by atoms with E-state index in [2.05, 4.69) is 10.0 Å². The van der Waals surface area contributed by atoms with Gasteiger partial charge in [0.2, 0.25) is 0 Å². The first-order valence-corrected chi connectivity index (χ1v) is 13.7. The summed E-state index contributed by atoms with van der Waals surface area (Å²) in [6.45, 7) is 0. The molecule has 37 heavy (non-hydrogen) atoms. The molecule has 1 amide bonds. The molecule has 0 spiro atoms. The SMILES string of the molecule is COc1ccc(OC)c(NS(=O)(=O)c2ccc(NC(=O)c3ccc(N(C)S(=O)(=O)N(C)C)cc3)cc2)c1. The number of sulfonamides is 1.